The lowest BCUT2D eigenvalue weighted by Crippen LogP contribution is -2.60. The van der Waals surface area contributed by atoms with E-state index in [1.165, 1.54) is 34.9 Å². The van der Waals surface area contributed by atoms with Crippen LogP contribution in [0.15, 0.2) is 48.7 Å². The zero-order valence-corrected chi connectivity index (χ0v) is 29.2. The number of hydrogen-bond donors (Lipinski definition) is 2. The Morgan fingerprint density at radius 3 is 2.58 bits per heavy atom. The summed E-state index contributed by atoms with van der Waals surface area (Å²) in [4.78, 5) is 76.1. The van der Waals surface area contributed by atoms with Crippen LogP contribution in [0, 0.1) is 5.82 Å². The summed E-state index contributed by atoms with van der Waals surface area (Å²) in [7, 11) is 2.93. The summed E-state index contributed by atoms with van der Waals surface area (Å²) in [6.07, 6.45) is 1.69. The maximum Gasteiger partial charge on any atom is 0.410 e. The third kappa shape index (κ3) is 8.52. The van der Waals surface area contributed by atoms with Gasteiger partial charge in [-0.05, 0) is 63.4 Å². The first-order valence-corrected chi connectivity index (χ1v) is 16.8. The van der Waals surface area contributed by atoms with E-state index in [9.17, 15) is 28.4 Å². The molecule has 5 rings (SSSR count). The van der Waals surface area contributed by atoms with Gasteiger partial charge in [-0.1, -0.05) is 18.2 Å². The molecule has 2 aliphatic heterocycles. The smallest absolute Gasteiger partial charge is 0.410 e. The molecule has 5 amide bonds. The van der Waals surface area contributed by atoms with Gasteiger partial charge in [-0.25, -0.2) is 9.18 Å². The Morgan fingerprint density at radius 2 is 1.82 bits per heavy atom. The van der Waals surface area contributed by atoms with Crippen LogP contribution in [0.1, 0.15) is 49.5 Å². The van der Waals surface area contributed by atoms with Crippen molar-refractivity contribution in [2.24, 2.45) is 0 Å². The third-order valence-electron chi connectivity index (χ3n) is 8.95. The van der Waals surface area contributed by atoms with Gasteiger partial charge in [0, 0.05) is 63.8 Å². The predicted octanol–water partition coefficient (Wildman–Crippen LogP) is 3.19. The van der Waals surface area contributed by atoms with Crippen LogP contribution in [0.4, 0.5) is 9.18 Å². The largest absolute Gasteiger partial charge is 0.491 e. The molecule has 14 heteroatoms. The number of amides is 5. The molecule has 0 unspecified atom stereocenters. The number of nitrogens with one attached hydrogen (secondary N) is 2. The van der Waals surface area contributed by atoms with Crippen molar-refractivity contribution in [2.45, 2.75) is 57.7 Å². The summed E-state index contributed by atoms with van der Waals surface area (Å²) in [5.41, 5.74) is 1.14. The van der Waals surface area contributed by atoms with Crippen LogP contribution in [-0.4, -0.2) is 125 Å². The van der Waals surface area contributed by atoms with Gasteiger partial charge in [-0.3, -0.25) is 19.2 Å². The highest BCUT2D eigenvalue weighted by molar-refractivity contribution is 5.99. The zero-order valence-electron chi connectivity index (χ0n) is 29.2. The third-order valence-corrected chi connectivity index (χ3v) is 8.95. The fourth-order valence-electron chi connectivity index (χ4n) is 6.24. The maximum atomic E-state index is 14.6. The highest BCUT2D eigenvalue weighted by Crippen LogP contribution is 2.25. The summed E-state index contributed by atoms with van der Waals surface area (Å²) in [6, 6.07) is 9.57. The number of nitrogens with zero attached hydrogens (tertiary/aromatic N) is 4. The molecule has 0 spiro atoms. The molecule has 1 aromatic heterocycles. The van der Waals surface area contributed by atoms with Crippen LogP contribution in [0.5, 0.6) is 5.75 Å². The normalized spacial score (nSPS) is 19.7. The van der Waals surface area contributed by atoms with Gasteiger partial charge in [0.1, 0.15) is 29.8 Å². The van der Waals surface area contributed by atoms with E-state index in [1.54, 1.807) is 25.7 Å². The molecule has 0 bridgehead atoms. The summed E-state index contributed by atoms with van der Waals surface area (Å²) in [6.45, 7) is 5.60. The van der Waals surface area contributed by atoms with Gasteiger partial charge in [0.2, 0.25) is 17.7 Å². The van der Waals surface area contributed by atoms with Crippen molar-refractivity contribution < 1.29 is 37.8 Å². The van der Waals surface area contributed by atoms with E-state index in [-0.39, 0.29) is 69.4 Å². The first-order valence-electron chi connectivity index (χ1n) is 16.8. The molecule has 3 heterocycles. The minimum absolute atomic E-state index is 0.0405. The van der Waals surface area contributed by atoms with Gasteiger partial charge >= 0.3 is 6.09 Å². The molecule has 13 nitrogen and oxygen atoms in total. The number of ether oxygens (including phenoxy) is 2. The number of para-hydroxylation sites is 1. The Morgan fingerprint density at radius 1 is 1.06 bits per heavy atom. The number of aromatic nitrogens is 1. The van der Waals surface area contributed by atoms with Crippen molar-refractivity contribution in [3.05, 3.63) is 65.6 Å². The molecule has 2 aromatic carbocycles. The van der Waals surface area contributed by atoms with Crippen LogP contribution in [0.25, 0.3) is 10.9 Å². The second-order valence-corrected chi connectivity index (χ2v) is 13.7. The van der Waals surface area contributed by atoms with Crippen LogP contribution >= 0.6 is 0 Å². The number of carbonyl (C=O) groups excluding carboxylic acids is 5. The fourth-order valence-corrected chi connectivity index (χ4v) is 6.24. The summed E-state index contributed by atoms with van der Waals surface area (Å²) >= 11 is 0. The molecule has 1 fully saturated rings. The van der Waals surface area contributed by atoms with E-state index in [2.05, 4.69) is 10.3 Å². The average molecular weight is 693 g/mol. The number of piperazine rings is 1. The number of carbonyl (C=O) groups is 5. The molecule has 0 radical (unpaired) electrons. The van der Waals surface area contributed by atoms with Crippen LogP contribution in [0.2, 0.25) is 0 Å². The topological polar surface area (TPSA) is 145 Å². The lowest BCUT2D eigenvalue weighted by molar-refractivity contribution is -0.143. The molecular weight excluding hydrogens is 647 g/mol. The summed E-state index contributed by atoms with van der Waals surface area (Å²) in [5, 5.41) is 3.94. The van der Waals surface area contributed by atoms with Crippen molar-refractivity contribution in [3.8, 4) is 5.75 Å². The molecule has 2 N–H and O–H groups in total. The van der Waals surface area contributed by atoms with Crippen molar-refractivity contribution in [3.63, 3.8) is 0 Å². The SMILES string of the molecule is CN1CC(=O)N2CCN(C(=O)OC(C)(C)C)C[C@@H]2COc2ccc(F)cc2C(=O)N(C)[C@@H](C(=O)NCCc2c[nH]c3ccccc23)CCC1=O. The molecule has 1 saturated heterocycles. The van der Waals surface area contributed by atoms with E-state index in [0.29, 0.717) is 6.42 Å². The highest BCUT2D eigenvalue weighted by Gasteiger charge is 2.37. The number of aromatic amines is 1. The fraction of sp³-hybridized carbons (Fsp3) is 0.472. The molecule has 2 atom stereocenters. The van der Waals surface area contributed by atoms with Gasteiger partial charge in [-0.15, -0.1) is 0 Å². The monoisotopic (exact) mass is 692 g/mol. The Kier molecular flexibility index (Phi) is 11.0. The maximum absolute atomic E-state index is 14.6. The highest BCUT2D eigenvalue weighted by atomic mass is 19.1. The van der Waals surface area contributed by atoms with Crippen LogP contribution < -0.4 is 10.1 Å². The zero-order chi connectivity index (χ0) is 36.2. The van der Waals surface area contributed by atoms with Gasteiger partial charge < -0.3 is 39.4 Å². The molecule has 3 aromatic rings. The lowest BCUT2D eigenvalue weighted by Gasteiger charge is -2.41. The number of likely N-dealkylation sites (N-methyl/N-ethyl adjacent to an activating group) is 2. The first kappa shape index (κ1) is 36.1. The van der Waals surface area contributed by atoms with Gasteiger partial charge in [-0.2, -0.15) is 0 Å². The van der Waals surface area contributed by atoms with E-state index in [0.717, 1.165) is 28.6 Å². The molecule has 2 aliphatic rings. The number of rotatable bonds is 4. The number of hydrogen-bond acceptors (Lipinski definition) is 7. The van der Waals surface area contributed by atoms with Gasteiger partial charge in [0.25, 0.3) is 5.91 Å². The van der Waals surface area contributed by atoms with E-state index in [4.69, 9.17) is 9.47 Å². The van der Waals surface area contributed by atoms with Gasteiger partial charge in [0.15, 0.2) is 0 Å². The Hall–Kier alpha value is -5.14. The summed E-state index contributed by atoms with van der Waals surface area (Å²) in [5.74, 6) is -2.54. The van der Waals surface area contributed by atoms with Crippen LogP contribution in [0.3, 0.4) is 0 Å². The second-order valence-electron chi connectivity index (χ2n) is 13.7. The van der Waals surface area contributed by atoms with Crippen molar-refractivity contribution in [1.82, 2.24) is 29.9 Å². The Bertz CT molecular complexity index is 1750. The first-order chi connectivity index (χ1) is 23.7. The molecule has 50 heavy (non-hydrogen) atoms. The van der Waals surface area contributed by atoms with Crippen LogP contribution in [-0.2, 0) is 25.5 Å². The minimum Gasteiger partial charge on any atom is -0.491 e. The van der Waals surface area contributed by atoms with Crippen molar-refractivity contribution in [1.29, 1.82) is 0 Å². The number of halogens is 1. The standard InChI is InChI=1S/C36H45FN6O7/c1-36(2,3)50-35(48)42-16-17-43-25(20-42)22-49-30-12-10-24(37)18-27(30)34(47)41(5)29(11-13-31(44)40(4)21-32(43)45)33(46)38-15-14-23-19-39-28-9-7-6-8-26(23)28/h6-10,12,18-19,25,29,39H,11,13-17,20-22H2,1-5H3,(H,38,46)/t25-,29-/m1/s1. The Labute approximate surface area is 290 Å². The quantitative estimate of drug-likeness (QED) is 0.428. The molecule has 268 valence electrons. The minimum atomic E-state index is -1.09. The predicted molar refractivity (Wildman–Crippen MR) is 183 cm³/mol. The Balaban J connectivity index is 1.38. The van der Waals surface area contributed by atoms with E-state index < -0.39 is 47.3 Å². The average Bonchev–Trinajstić information content (AvgIpc) is 3.48. The lowest BCUT2D eigenvalue weighted by atomic mass is 10.1. The van der Waals surface area contributed by atoms with Crippen molar-refractivity contribution >= 4 is 40.6 Å². The second kappa shape index (κ2) is 15.2. The number of benzene rings is 2. The molecule has 0 saturated carbocycles. The number of fused-ring (bicyclic) bond motifs is 3. The molecule has 0 aliphatic carbocycles. The number of H-pyrrole nitrogens is 1. The van der Waals surface area contributed by atoms with Crippen molar-refractivity contribution in [2.75, 3.05) is 53.4 Å². The van der Waals surface area contributed by atoms with E-state index in [1.807, 2.05) is 30.5 Å². The summed E-state index contributed by atoms with van der Waals surface area (Å²) < 4.78 is 26.3. The molecular formula is C36H45FN6O7. The van der Waals surface area contributed by atoms with Gasteiger partial charge in [0.05, 0.1) is 18.2 Å². The van der Waals surface area contributed by atoms with E-state index >= 15 is 0 Å².